The molecule has 0 saturated carbocycles. The number of amides is 1. The van der Waals surface area contributed by atoms with E-state index in [4.69, 9.17) is 0 Å². The minimum Gasteiger partial charge on any atom is -0.352 e. The van der Waals surface area contributed by atoms with Crippen LogP contribution >= 0.6 is 12.4 Å². The van der Waals surface area contributed by atoms with Gasteiger partial charge in [0.25, 0.3) is 0 Å². The maximum Gasteiger partial charge on any atom is 0.224 e. The average molecular weight is 295 g/mol. The lowest BCUT2D eigenvalue weighted by Crippen LogP contribution is -2.30. The molecule has 2 N–H and O–H groups in total. The molecule has 0 radical (unpaired) electrons. The van der Waals surface area contributed by atoms with Crippen LogP contribution in [-0.2, 0) is 11.2 Å². The predicted octanol–water partition coefficient (Wildman–Crippen LogP) is 2.30. The van der Waals surface area contributed by atoms with E-state index in [1.165, 1.54) is 16.7 Å². The van der Waals surface area contributed by atoms with Gasteiger partial charge < -0.3 is 10.6 Å². The molecule has 1 aromatic rings. The summed E-state index contributed by atoms with van der Waals surface area (Å²) in [6.45, 7) is 6.73. The Hall–Kier alpha value is -1.32. The lowest BCUT2D eigenvalue weighted by Gasteiger charge is -2.15. The zero-order valence-electron chi connectivity index (χ0n) is 12.2. The van der Waals surface area contributed by atoms with E-state index in [0.29, 0.717) is 13.0 Å². The van der Waals surface area contributed by atoms with Crippen LogP contribution in [0.5, 0.6) is 0 Å². The van der Waals surface area contributed by atoms with Crippen molar-refractivity contribution < 1.29 is 4.79 Å². The number of carbonyl (C=O) groups is 1. The van der Waals surface area contributed by atoms with Crippen LogP contribution in [0.3, 0.4) is 0 Å². The molecule has 0 bridgehead atoms. The molecule has 20 heavy (non-hydrogen) atoms. The summed E-state index contributed by atoms with van der Waals surface area (Å²) in [6.07, 6.45) is 3.67. The zero-order chi connectivity index (χ0) is 13.7. The third kappa shape index (κ3) is 4.99. The molecule has 0 aromatic heterocycles. The Balaban J connectivity index is 0.00000200. The van der Waals surface area contributed by atoms with E-state index in [0.717, 1.165) is 25.1 Å². The van der Waals surface area contributed by atoms with Crippen molar-refractivity contribution in [3.8, 4) is 0 Å². The van der Waals surface area contributed by atoms with Crippen LogP contribution in [0.15, 0.2) is 29.8 Å². The van der Waals surface area contributed by atoms with Gasteiger partial charge in [0.1, 0.15) is 0 Å². The number of aryl methyl sites for hydroxylation is 2. The van der Waals surface area contributed by atoms with Crippen LogP contribution in [0.4, 0.5) is 0 Å². The van der Waals surface area contributed by atoms with Crippen molar-refractivity contribution in [3.05, 3.63) is 46.5 Å². The van der Waals surface area contributed by atoms with Gasteiger partial charge in [-0.1, -0.05) is 35.4 Å². The summed E-state index contributed by atoms with van der Waals surface area (Å²) in [5, 5.41) is 6.28. The number of hydrogen-bond donors (Lipinski definition) is 2. The summed E-state index contributed by atoms with van der Waals surface area (Å²) < 4.78 is 0. The normalized spacial score (nSPS) is 14.2. The third-order valence-corrected chi connectivity index (χ3v) is 3.53. The summed E-state index contributed by atoms with van der Waals surface area (Å²) in [4.78, 5) is 12.0. The van der Waals surface area contributed by atoms with E-state index in [2.05, 4.69) is 48.8 Å². The third-order valence-electron chi connectivity index (χ3n) is 3.53. The molecule has 1 heterocycles. The van der Waals surface area contributed by atoms with Gasteiger partial charge in [-0.05, 0) is 37.9 Å². The van der Waals surface area contributed by atoms with Crippen LogP contribution in [-0.4, -0.2) is 25.5 Å². The lowest BCUT2D eigenvalue weighted by atomic mass is 10.0. The van der Waals surface area contributed by atoms with Crippen molar-refractivity contribution in [2.75, 3.05) is 19.6 Å². The van der Waals surface area contributed by atoms with Gasteiger partial charge in [0, 0.05) is 13.1 Å². The van der Waals surface area contributed by atoms with Crippen molar-refractivity contribution in [3.63, 3.8) is 0 Å². The Labute approximate surface area is 127 Å². The quantitative estimate of drug-likeness (QED) is 0.837. The van der Waals surface area contributed by atoms with Gasteiger partial charge in [-0.2, -0.15) is 0 Å². The van der Waals surface area contributed by atoms with E-state index in [1.54, 1.807) is 0 Å². The second-order valence-electron chi connectivity index (χ2n) is 5.20. The summed E-state index contributed by atoms with van der Waals surface area (Å²) in [7, 11) is 0. The molecule has 110 valence electrons. The molecule has 2 rings (SSSR count). The Morgan fingerprint density at radius 2 is 2.15 bits per heavy atom. The second kappa shape index (κ2) is 8.08. The average Bonchev–Trinajstić information content (AvgIpc) is 2.42. The zero-order valence-corrected chi connectivity index (χ0v) is 13.0. The van der Waals surface area contributed by atoms with Crippen LogP contribution in [0.25, 0.3) is 0 Å². The predicted molar refractivity (Wildman–Crippen MR) is 85.4 cm³/mol. The van der Waals surface area contributed by atoms with Gasteiger partial charge in [0.05, 0.1) is 6.42 Å². The molecule has 0 spiro atoms. The van der Waals surface area contributed by atoms with Crippen LogP contribution in [0.1, 0.15) is 23.1 Å². The minimum absolute atomic E-state index is 0. The van der Waals surface area contributed by atoms with Crippen LogP contribution in [0.2, 0.25) is 0 Å². The van der Waals surface area contributed by atoms with Gasteiger partial charge in [-0.25, -0.2) is 0 Å². The smallest absolute Gasteiger partial charge is 0.224 e. The Morgan fingerprint density at radius 3 is 2.85 bits per heavy atom. The van der Waals surface area contributed by atoms with E-state index >= 15 is 0 Å². The van der Waals surface area contributed by atoms with Gasteiger partial charge in [0.2, 0.25) is 5.91 Å². The van der Waals surface area contributed by atoms with Crippen molar-refractivity contribution in [2.24, 2.45) is 0 Å². The maximum absolute atomic E-state index is 12.0. The molecule has 1 amide bonds. The minimum atomic E-state index is 0. The first kappa shape index (κ1) is 16.7. The Morgan fingerprint density at radius 1 is 1.35 bits per heavy atom. The Kier molecular flexibility index (Phi) is 6.76. The molecule has 1 aliphatic rings. The van der Waals surface area contributed by atoms with E-state index in [9.17, 15) is 4.79 Å². The van der Waals surface area contributed by atoms with E-state index < -0.39 is 0 Å². The molecule has 3 nitrogen and oxygen atoms in total. The molecule has 1 aromatic carbocycles. The first-order valence-electron chi connectivity index (χ1n) is 6.86. The number of halogens is 1. The lowest BCUT2D eigenvalue weighted by molar-refractivity contribution is -0.120. The SMILES string of the molecule is Cc1ccc(C)c(CC(=O)NCC2=CCNCC2)c1.Cl. The highest BCUT2D eigenvalue weighted by Crippen LogP contribution is 2.11. The molecule has 1 aliphatic heterocycles. The fourth-order valence-corrected chi connectivity index (χ4v) is 2.27. The van der Waals surface area contributed by atoms with Crippen molar-refractivity contribution in [2.45, 2.75) is 26.7 Å². The van der Waals surface area contributed by atoms with Crippen molar-refractivity contribution in [1.29, 1.82) is 0 Å². The van der Waals surface area contributed by atoms with Crippen LogP contribution < -0.4 is 10.6 Å². The molecular formula is C16H23ClN2O. The van der Waals surface area contributed by atoms with E-state index in [-0.39, 0.29) is 18.3 Å². The summed E-state index contributed by atoms with van der Waals surface area (Å²) in [5.41, 5.74) is 4.83. The first-order valence-corrected chi connectivity index (χ1v) is 6.86. The molecule has 0 unspecified atom stereocenters. The molecule has 4 heteroatoms. The maximum atomic E-state index is 12.0. The van der Waals surface area contributed by atoms with E-state index in [1.807, 2.05) is 0 Å². The summed E-state index contributed by atoms with van der Waals surface area (Å²) in [5.74, 6) is 0.105. The second-order valence-corrected chi connectivity index (χ2v) is 5.20. The van der Waals surface area contributed by atoms with Crippen molar-refractivity contribution >= 4 is 18.3 Å². The molecule has 0 atom stereocenters. The fraction of sp³-hybridized carbons (Fsp3) is 0.438. The van der Waals surface area contributed by atoms with Gasteiger partial charge in [-0.3, -0.25) is 4.79 Å². The van der Waals surface area contributed by atoms with Gasteiger partial charge in [0.15, 0.2) is 0 Å². The largest absolute Gasteiger partial charge is 0.352 e. The van der Waals surface area contributed by atoms with Crippen molar-refractivity contribution in [1.82, 2.24) is 10.6 Å². The Bertz CT molecular complexity index is 497. The first-order chi connectivity index (χ1) is 9.15. The van der Waals surface area contributed by atoms with Gasteiger partial charge >= 0.3 is 0 Å². The molecule has 0 saturated heterocycles. The highest BCUT2D eigenvalue weighted by Gasteiger charge is 2.08. The standard InChI is InChI=1S/C16H22N2O.ClH/c1-12-3-4-13(2)15(9-12)10-16(19)18-11-14-5-7-17-8-6-14;/h3-5,9,17H,6-8,10-11H2,1-2H3,(H,18,19);1H. The molecule has 0 fully saturated rings. The molecular weight excluding hydrogens is 272 g/mol. The number of carbonyl (C=O) groups excluding carboxylic acids is 1. The number of hydrogen-bond acceptors (Lipinski definition) is 2. The highest BCUT2D eigenvalue weighted by atomic mass is 35.5. The number of rotatable bonds is 4. The summed E-state index contributed by atoms with van der Waals surface area (Å²) in [6, 6.07) is 6.25. The van der Waals surface area contributed by atoms with Gasteiger partial charge in [-0.15, -0.1) is 12.4 Å². The monoisotopic (exact) mass is 294 g/mol. The number of nitrogens with one attached hydrogen (secondary N) is 2. The number of benzene rings is 1. The molecule has 0 aliphatic carbocycles. The fourth-order valence-electron chi connectivity index (χ4n) is 2.27. The highest BCUT2D eigenvalue weighted by molar-refractivity contribution is 5.85. The summed E-state index contributed by atoms with van der Waals surface area (Å²) >= 11 is 0. The topological polar surface area (TPSA) is 41.1 Å². The van der Waals surface area contributed by atoms with Crippen LogP contribution in [0, 0.1) is 13.8 Å².